The summed E-state index contributed by atoms with van der Waals surface area (Å²) in [6, 6.07) is 18.1. The molecule has 3 aromatic rings. The maximum Gasteiger partial charge on any atom is 0.319 e. The van der Waals surface area contributed by atoms with Gasteiger partial charge in [-0.25, -0.2) is 4.79 Å². The van der Waals surface area contributed by atoms with E-state index in [1.165, 1.54) is 13.2 Å². The fourth-order valence-electron chi connectivity index (χ4n) is 3.03. The Morgan fingerprint density at radius 1 is 1.19 bits per heavy atom. The second-order valence-electron chi connectivity index (χ2n) is 6.45. The molecular formula is C23H18BrN3O4. The van der Waals surface area contributed by atoms with Gasteiger partial charge in [0.25, 0.3) is 5.91 Å². The highest BCUT2D eigenvalue weighted by molar-refractivity contribution is 9.10. The molecule has 31 heavy (non-hydrogen) atoms. The van der Waals surface area contributed by atoms with Gasteiger partial charge in [0.2, 0.25) is 0 Å². The largest absolute Gasteiger partial charge is 0.493 e. The third kappa shape index (κ3) is 5.21. The molecule has 0 aromatic heterocycles. The zero-order valence-corrected chi connectivity index (χ0v) is 18.1. The van der Waals surface area contributed by atoms with Crippen LogP contribution in [0, 0.1) is 11.3 Å². The first-order chi connectivity index (χ1) is 14.9. The van der Waals surface area contributed by atoms with E-state index >= 15 is 0 Å². The van der Waals surface area contributed by atoms with Crippen molar-refractivity contribution >= 4 is 44.7 Å². The Labute approximate surface area is 187 Å². The average Bonchev–Trinajstić information content (AvgIpc) is 2.75. The summed E-state index contributed by atoms with van der Waals surface area (Å²) in [6.45, 7) is 0.315. The van der Waals surface area contributed by atoms with Gasteiger partial charge in [-0.05, 0) is 56.0 Å². The first-order valence-electron chi connectivity index (χ1n) is 9.12. The molecule has 3 amide bonds. The van der Waals surface area contributed by atoms with E-state index in [1.807, 2.05) is 47.8 Å². The van der Waals surface area contributed by atoms with E-state index in [1.54, 1.807) is 18.2 Å². The van der Waals surface area contributed by atoms with Gasteiger partial charge in [-0.3, -0.25) is 10.1 Å². The molecule has 0 saturated heterocycles. The van der Waals surface area contributed by atoms with Crippen LogP contribution < -0.4 is 20.5 Å². The molecule has 0 spiro atoms. The number of primary amides is 1. The molecule has 0 radical (unpaired) electrons. The smallest absolute Gasteiger partial charge is 0.319 e. The third-order valence-electron chi connectivity index (χ3n) is 4.42. The van der Waals surface area contributed by atoms with Crippen LogP contribution in [0.5, 0.6) is 11.5 Å². The number of amides is 3. The van der Waals surface area contributed by atoms with E-state index in [0.717, 1.165) is 16.3 Å². The molecule has 0 aliphatic carbocycles. The zero-order chi connectivity index (χ0) is 22.4. The monoisotopic (exact) mass is 479 g/mol. The second kappa shape index (κ2) is 9.78. The van der Waals surface area contributed by atoms with E-state index in [9.17, 15) is 14.9 Å². The Kier molecular flexibility index (Phi) is 6.90. The number of nitrogens with one attached hydrogen (secondary N) is 1. The summed E-state index contributed by atoms with van der Waals surface area (Å²) in [5.41, 5.74) is 6.17. The number of imide groups is 1. The number of fused-ring (bicyclic) bond motifs is 1. The Balaban J connectivity index is 1.89. The number of nitrogens with zero attached hydrogens (tertiary/aromatic N) is 1. The molecule has 0 saturated carbocycles. The number of nitrogens with two attached hydrogens (primary N) is 1. The molecular weight excluding hydrogens is 462 g/mol. The quantitative estimate of drug-likeness (QED) is 0.404. The fourth-order valence-corrected chi connectivity index (χ4v) is 3.60. The highest BCUT2D eigenvalue weighted by atomic mass is 79.9. The fraction of sp³-hybridized carbons (Fsp3) is 0.0870. The molecule has 0 aliphatic rings. The van der Waals surface area contributed by atoms with Crippen LogP contribution in [0.15, 0.2) is 64.6 Å². The number of benzene rings is 3. The first-order valence-corrected chi connectivity index (χ1v) is 9.91. The van der Waals surface area contributed by atoms with Crippen LogP contribution in [0.3, 0.4) is 0 Å². The lowest BCUT2D eigenvalue weighted by Gasteiger charge is -2.15. The molecule has 0 bridgehead atoms. The molecule has 3 N–H and O–H groups in total. The summed E-state index contributed by atoms with van der Waals surface area (Å²) < 4.78 is 12.1. The molecule has 7 nitrogen and oxygen atoms in total. The van der Waals surface area contributed by atoms with Crippen LogP contribution in [0.1, 0.15) is 11.1 Å². The number of carbonyl (C=O) groups excluding carboxylic acids is 2. The van der Waals surface area contributed by atoms with Crippen molar-refractivity contribution < 1.29 is 19.1 Å². The molecule has 3 rings (SSSR count). The summed E-state index contributed by atoms with van der Waals surface area (Å²) in [5, 5.41) is 13.3. The SMILES string of the molecule is COc1cc(/C=C(\C#N)C(=O)NC(N)=O)cc(Br)c1OCc1cccc2ccccc12. The average molecular weight is 480 g/mol. The topological polar surface area (TPSA) is 114 Å². The van der Waals surface area contributed by atoms with Gasteiger partial charge >= 0.3 is 6.03 Å². The highest BCUT2D eigenvalue weighted by Crippen LogP contribution is 2.38. The standard InChI is InChI=1S/C23H18BrN3O4/c1-30-20-11-14(9-17(12-25)22(28)27-23(26)29)10-19(24)21(20)31-13-16-7-4-6-15-5-2-3-8-18(15)16/h2-11H,13H2,1H3,(H3,26,27,28,29)/b17-9+. The van der Waals surface area contributed by atoms with Gasteiger partial charge in [0, 0.05) is 0 Å². The molecule has 3 aromatic carbocycles. The minimum Gasteiger partial charge on any atom is -0.493 e. The van der Waals surface area contributed by atoms with Gasteiger partial charge in [0.05, 0.1) is 11.6 Å². The third-order valence-corrected chi connectivity index (χ3v) is 5.01. The van der Waals surface area contributed by atoms with E-state index in [2.05, 4.69) is 15.9 Å². The summed E-state index contributed by atoms with van der Waals surface area (Å²) in [4.78, 5) is 22.8. The molecule has 156 valence electrons. The van der Waals surface area contributed by atoms with Crippen LogP contribution in [0.2, 0.25) is 0 Å². The van der Waals surface area contributed by atoms with Crippen molar-refractivity contribution in [1.82, 2.24) is 5.32 Å². The highest BCUT2D eigenvalue weighted by Gasteiger charge is 2.15. The molecule has 0 fully saturated rings. The number of halogens is 1. The minimum absolute atomic E-state index is 0.280. The lowest BCUT2D eigenvalue weighted by Crippen LogP contribution is -2.35. The Hall–Kier alpha value is -3.83. The number of rotatable bonds is 6. The predicted octanol–water partition coefficient (Wildman–Crippen LogP) is 4.29. The van der Waals surface area contributed by atoms with E-state index in [4.69, 9.17) is 15.2 Å². The van der Waals surface area contributed by atoms with Gasteiger partial charge in [0.1, 0.15) is 18.2 Å². The van der Waals surface area contributed by atoms with Crippen molar-refractivity contribution in [2.24, 2.45) is 5.73 Å². The van der Waals surface area contributed by atoms with Crippen LogP contribution in [-0.2, 0) is 11.4 Å². The van der Waals surface area contributed by atoms with Crippen molar-refractivity contribution in [3.05, 3.63) is 75.8 Å². The first kappa shape index (κ1) is 21.9. The summed E-state index contributed by atoms with van der Waals surface area (Å²) in [7, 11) is 1.49. The van der Waals surface area contributed by atoms with Gasteiger partial charge < -0.3 is 15.2 Å². The molecule has 0 atom stereocenters. The Morgan fingerprint density at radius 2 is 1.94 bits per heavy atom. The van der Waals surface area contributed by atoms with Gasteiger partial charge in [-0.2, -0.15) is 5.26 Å². The molecule has 0 heterocycles. The molecule has 8 heteroatoms. The summed E-state index contributed by atoms with van der Waals surface area (Å²) >= 11 is 3.46. The minimum atomic E-state index is -1.04. The summed E-state index contributed by atoms with van der Waals surface area (Å²) in [5.74, 6) is 0.00233. The van der Waals surface area contributed by atoms with Crippen molar-refractivity contribution in [1.29, 1.82) is 5.26 Å². The number of nitriles is 1. The van der Waals surface area contributed by atoms with Crippen molar-refractivity contribution in [2.75, 3.05) is 7.11 Å². The maximum absolute atomic E-state index is 11.9. The number of methoxy groups -OCH3 is 1. The zero-order valence-electron chi connectivity index (χ0n) is 16.5. The Bertz CT molecular complexity index is 1230. The van der Waals surface area contributed by atoms with Gasteiger partial charge in [-0.1, -0.05) is 42.5 Å². The lowest BCUT2D eigenvalue weighted by molar-refractivity contribution is -0.115. The molecule has 0 unspecified atom stereocenters. The number of ether oxygens (including phenoxy) is 2. The van der Waals surface area contributed by atoms with Crippen LogP contribution in [-0.4, -0.2) is 19.0 Å². The number of hydrogen-bond donors (Lipinski definition) is 2. The van der Waals surface area contributed by atoms with Crippen LogP contribution >= 0.6 is 15.9 Å². The van der Waals surface area contributed by atoms with Gasteiger partial charge in [-0.15, -0.1) is 0 Å². The number of hydrogen-bond acceptors (Lipinski definition) is 5. The van der Waals surface area contributed by atoms with Crippen LogP contribution in [0.4, 0.5) is 4.79 Å². The van der Waals surface area contributed by atoms with E-state index < -0.39 is 11.9 Å². The van der Waals surface area contributed by atoms with Crippen LogP contribution in [0.25, 0.3) is 16.8 Å². The lowest BCUT2D eigenvalue weighted by atomic mass is 10.1. The van der Waals surface area contributed by atoms with Crippen molar-refractivity contribution in [2.45, 2.75) is 6.61 Å². The van der Waals surface area contributed by atoms with Gasteiger partial charge in [0.15, 0.2) is 11.5 Å². The normalized spacial score (nSPS) is 10.9. The van der Waals surface area contributed by atoms with Crippen molar-refractivity contribution in [3.8, 4) is 17.6 Å². The van der Waals surface area contributed by atoms with E-state index in [0.29, 0.717) is 28.1 Å². The number of carbonyl (C=O) groups is 2. The number of urea groups is 1. The maximum atomic E-state index is 11.9. The second-order valence-corrected chi connectivity index (χ2v) is 7.30. The summed E-state index contributed by atoms with van der Waals surface area (Å²) in [6.07, 6.45) is 1.32. The van der Waals surface area contributed by atoms with E-state index in [-0.39, 0.29) is 5.57 Å². The predicted molar refractivity (Wildman–Crippen MR) is 120 cm³/mol. The molecule has 0 aliphatic heterocycles. The Morgan fingerprint density at radius 3 is 2.65 bits per heavy atom. The van der Waals surface area contributed by atoms with Crippen molar-refractivity contribution in [3.63, 3.8) is 0 Å².